The van der Waals surface area contributed by atoms with Crippen molar-refractivity contribution in [3.05, 3.63) is 0 Å². The van der Waals surface area contributed by atoms with Gasteiger partial charge in [-0.1, -0.05) is 0 Å². The molecule has 5 nitrogen and oxygen atoms in total. The molecular formula is C8H14N2O3. The van der Waals surface area contributed by atoms with E-state index in [4.69, 9.17) is 5.73 Å². The van der Waals surface area contributed by atoms with Crippen molar-refractivity contribution in [2.75, 3.05) is 13.7 Å². The quantitative estimate of drug-likeness (QED) is 0.555. The topological polar surface area (TPSA) is 81.4 Å². The Morgan fingerprint density at radius 1 is 1.85 bits per heavy atom. The molecule has 1 unspecified atom stereocenters. The standard InChI is InChI=1S/C8H14N2O3/c1-13-8(12)6(9)4-5-2-3-10-7(5)11/h5-6H,2-4,9H2,1H3,(H,10,11)/t5?,6-/m0/s1. The summed E-state index contributed by atoms with van der Waals surface area (Å²) in [6.07, 6.45) is 1.13. The lowest BCUT2D eigenvalue weighted by atomic mass is 9.99. The Hall–Kier alpha value is -1.10. The van der Waals surface area contributed by atoms with Crippen molar-refractivity contribution >= 4 is 11.9 Å². The van der Waals surface area contributed by atoms with Gasteiger partial charge in [-0.2, -0.15) is 0 Å². The lowest BCUT2D eigenvalue weighted by Gasteiger charge is -2.11. The predicted molar refractivity (Wildman–Crippen MR) is 45.7 cm³/mol. The minimum absolute atomic E-state index is 0.0145. The molecule has 1 aliphatic rings. The number of esters is 1. The van der Waals surface area contributed by atoms with Crippen LogP contribution in [-0.2, 0) is 14.3 Å². The summed E-state index contributed by atoms with van der Waals surface area (Å²) in [4.78, 5) is 22.0. The van der Waals surface area contributed by atoms with Crippen LogP contribution in [0.1, 0.15) is 12.8 Å². The molecule has 0 aromatic rings. The van der Waals surface area contributed by atoms with Crippen molar-refractivity contribution in [3.8, 4) is 0 Å². The summed E-state index contributed by atoms with van der Waals surface area (Å²) in [7, 11) is 1.29. The Bertz CT molecular complexity index is 217. The SMILES string of the molecule is COC(=O)[C@@H](N)CC1CCNC1=O. The Kier molecular flexibility index (Phi) is 3.25. The molecule has 2 atom stereocenters. The van der Waals surface area contributed by atoms with Crippen molar-refractivity contribution in [1.29, 1.82) is 0 Å². The smallest absolute Gasteiger partial charge is 0.322 e. The first-order valence-electron chi connectivity index (χ1n) is 4.26. The first kappa shape index (κ1) is 9.98. The highest BCUT2D eigenvalue weighted by Gasteiger charge is 2.28. The number of nitrogens with two attached hydrogens (primary N) is 1. The molecule has 0 aromatic heterocycles. The molecule has 1 amide bonds. The maximum Gasteiger partial charge on any atom is 0.322 e. The van der Waals surface area contributed by atoms with Gasteiger partial charge in [-0.3, -0.25) is 9.59 Å². The highest BCUT2D eigenvalue weighted by atomic mass is 16.5. The monoisotopic (exact) mass is 186 g/mol. The van der Waals surface area contributed by atoms with Crippen molar-refractivity contribution in [3.63, 3.8) is 0 Å². The van der Waals surface area contributed by atoms with Crippen LogP contribution in [0.3, 0.4) is 0 Å². The van der Waals surface area contributed by atoms with Gasteiger partial charge in [0.05, 0.1) is 7.11 Å². The first-order chi connectivity index (χ1) is 6.15. The van der Waals surface area contributed by atoms with E-state index in [1.54, 1.807) is 0 Å². The second-order valence-corrected chi connectivity index (χ2v) is 3.14. The number of amides is 1. The zero-order valence-corrected chi connectivity index (χ0v) is 7.58. The van der Waals surface area contributed by atoms with Crippen LogP contribution in [-0.4, -0.2) is 31.6 Å². The Morgan fingerprint density at radius 3 is 3.00 bits per heavy atom. The van der Waals surface area contributed by atoms with Crippen LogP contribution < -0.4 is 11.1 Å². The van der Waals surface area contributed by atoms with E-state index >= 15 is 0 Å². The fourth-order valence-electron chi connectivity index (χ4n) is 1.42. The number of nitrogens with one attached hydrogen (secondary N) is 1. The molecule has 13 heavy (non-hydrogen) atoms. The largest absolute Gasteiger partial charge is 0.468 e. The Labute approximate surface area is 76.6 Å². The van der Waals surface area contributed by atoms with Gasteiger partial charge in [0.1, 0.15) is 6.04 Å². The van der Waals surface area contributed by atoms with E-state index in [-0.39, 0.29) is 11.8 Å². The summed E-state index contributed by atoms with van der Waals surface area (Å²) in [5, 5.41) is 2.69. The normalized spacial score (nSPS) is 23.8. The van der Waals surface area contributed by atoms with Crippen LogP contribution in [0.4, 0.5) is 0 Å². The van der Waals surface area contributed by atoms with Crippen molar-refractivity contribution < 1.29 is 14.3 Å². The molecule has 74 valence electrons. The van der Waals surface area contributed by atoms with Crippen LogP contribution in [0.2, 0.25) is 0 Å². The van der Waals surface area contributed by atoms with Gasteiger partial charge in [0.2, 0.25) is 5.91 Å². The summed E-state index contributed by atoms with van der Waals surface area (Å²) in [5.74, 6) is -0.604. The zero-order valence-electron chi connectivity index (χ0n) is 7.58. The van der Waals surface area contributed by atoms with Gasteiger partial charge in [-0.05, 0) is 12.8 Å². The Morgan fingerprint density at radius 2 is 2.54 bits per heavy atom. The zero-order chi connectivity index (χ0) is 9.84. The molecule has 1 heterocycles. The second-order valence-electron chi connectivity index (χ2n) is 3.14. The highest BCUT2D eigenvalue weighted by Crippen LogP contribution is 2.15. The molecule has 0 radical (unpaired) electrons. The van der Waals surface area contributed by atoms with Crippen molar-refractivity contribution in [2.24, 2.45) is 11.7 Å². The molecule has 0 aliphatic carbocycles. The number of ether oxygens (including phenoxy) is 1. The summed E-state index contributed by atoms with van der Waals surface area (Å²) in [5.41, 5.74) is 5.52. The van der Waals surface area contributed by atoms with Gasteiger partial charge in [0.15, 0.2) is 0 Å². The van der Waals surface area contributed by atoms with E-state index in [2.05, 4.69) is 10.1 Å². The molecule has 0 aromatic carbocycles. The predicted octanol–water partition coefficient (Wildman–Crippen LogP) is -0.987. The van der Waals surface area contributed by atoms with Crippen molar-refractivity contribution in [2.45, 2.75) is 18.9 Å². The van der Waals surface area contributed by atoms with Gasteiger partial charge in [0, 0.05) is 12.5 Å². The van der Waals surface area contributed by atoms with Gasteiger partial charge < -0.3 is 15.8 Å². The summed E-state index contributed by atoms with van der Waals surface area (Å²) < 4.78 is 4.46. The van der Waals surface area contributed by atoms with Crippen LogP contribution in [0.5, 0.6) is 0 Å². The molecular weight excluding hydrogens is 172 g/mol. The summed E-state index contributed by atoms with van der Waals surface area (Å²) in [6, 6.07) is -0.682. The molecule has 5 heteroatoms. The molecule has 1 rings (SSSR count). The van der Waals surface area contributed by atoms with Crippen LogP contribution >= 0.6 is 0 Å². The van der Waals surface area contributed by atoms with E-state index in [0.717, 1.165) is 6.42 Å². The number of hydrogen-bond donors (Lipinski definition) is 2. The third-order valence-corrected chi connectivity index (χ3v) is 2.21. The molecule has 3 N–H and O–H groups in total. The van der Waals surface area contributed by atoms with Crippen LogP contribution in [0.15, 0.2) is 0 Å². The van der Waals surface area contributed by atoms with Crippen LogP contribution in [0, 0.1) is 5.92 Å². The van der Waals surface area contributed by atoms with E-state index < -0.39 is 12.0 Å². The summed E-state index contributed by atoms with van der Waals surface area (Å²) >= 11 is 0. The molecule has 1 aliphatic heterocycles. The minimum Gasteiger partial charge on any atom is -0.468 e. The van der Waals surface area contributed by atoms with Gasteiger partial charge in [0.25, 0.3) is 0 Å². The van der Waals surface area contributed by atoms with Crippen molar-refractivity contribution in [1.82, 2.24) is 5.32 Å². The molecule has 0 bridgehead atoms. The third-order valence-electron chi connectivity index (χ3n) is 2.21. The average Bonchev–Trinajstić information content (AvgIpc) is 2.50. The van der Waals surface area contributed by atoms with Gasteiger partial charge >= 0.3 is 5.97 Å². The first-order valence-corrected chi connectivity index (χ1v) is 4.26. The maximum atomic E-state index is 11.1. The molecule has 1 fully saturated rings. The van der Waals surface area contributed by atoms with E-state index in [0.29, 0.717) is 13.0 Å². The fraction of sp³-hybridized carbons (Fsp3) is 0.750. The van der Waals surface area contributed by atoms with E-state index in [9.17, 15) is 9.59 Å². The number of carbonyl (C=O) groups is 2. The number of rotatable bonds is 3. The molecule has 1 saturated heterocycles. The number of carbonyl (C=O) groups excluding carboxylic acids is 2. The number of methoxy groups -OCH3 is 1. The van der Waals surface area contributed by atoms with Gasteiger partial charge in [-0.25, -0.2) is 0 Å². The lowest BCUT2D eigenvalue weighted by molar-refractivity contribution is -0.142. The number of hydrogen-bond acceptors (Lipinski definition) is 4. The Balaban J connectivity index is 2.39. The highest BCUT2D eigenvalue weighted by molar-refractivity contribution is 5.82. The molecule has 0 saturated carbocycles. The van der Waals surface area contributed by atoms with E-state index in [1.807, 2.05) is 0 Å². The summed E-state index contributed by atoms with van der Waals surface area (Å²) in [6.45, 7) is 0.678. The molecule has 0 spiro atoms. The van der Waals surface area contributed by atoms with Crippen LogP contribution in [0.25, 0.3) is 0 Å². The maximum absolute atomic E-state index is 11.1. The fourth-order valence-corrected chi connectivity index (χ4v) is 1.42. The van der Waals surface area contributed by atoms with Gasteiger partial charge in [-0.15, -0.1) is 0 Å². The third kappa shape index (κ3) is 2.42. The van der Waals surface area contributed by atoms with E-state index in [1.165, 1.54) is 7.11 Å². The lowest BCUT2D eigenvalue weighted by Crippen LogP contribution is -2.35. The minimum atomic E-state index is -0.682. The average molecular weight is 186 g/mol. The second kappa shape index (κ2) is 4.23.